The fourth-order valence-electron chi connectivity index (χ4n) is 3.08. The zero-order valence-corrected chi connectivity index (χ0v) is 12.9. The van der Waals surface area contributed by atoms with Crippen LogP contribution in [0.25, 0.3) is 0 Å². The first-order valence-corrected chi connectivity index (χ1v) is 7.89. The van der Waals surface area contributed by atoms with Gasteiger partial charge in [-0.15, -0.1) is 0 Å². The molecule has 0 bridgehead atoms. The minimum absolute atomic E-state index is 0.142. The number of aryl methyl sites for hydroxylation is 1. The molecule has 4 atom stereocenters. The Kier molecular flexibility index (Phi) is 5.76. The maximum Gasteiger partial charge on any atom is 0.0991 e. The lowest BCUT2D eigenvalue weighted by Crippen LogP contribution is -2.40. The Balaban J connectivity index is 2.03. The molecule has 1 saturated heterocycles. The number of hydrogen-bond acceptors (Lipinski definition) is 4. The topological polar surface area (TPSA) is 63.9 Å². The third-order valence-electron chi connectivity index (χ3n) is 4.58. The van der Waals surface area contributed by atoms with Crippen molar-refractivity contribution in [2.75, 3.05) is 6.61 Å². The number of nitrogens with zero attached hydrogens (tertiary/aromatic N) is 1. The second-order valence-corrected chi connectivity index (χ2v) is 6.06. The van der Waals surface area contributed by atoms with Crippen LogP contribution in [0.15, 0.2) is 24.3 Å². The standard InChI is InChI=1S/C17H27NO3/c1-3-4-5-13-6-8-14(9-7-13)10-18-12(2)16(20)17(21)15(18)11-19/h6-9,12,15-17,19-21H,3-5,10-11H2,1-2H3/t12-,15+,16-,17+/m0/s1. The lowest BCUT2D eigenvalue weighted by molar-refractivity contribution is 0.0186. The molecule has 3 N–H and O–H groups in total. The van der Waals surface area contributed by atoms with Crippen LogP contribution in [0, 0.1) is 0 Å². The van der Waals surface area contributed by atoms with Gasteiger partial charge in [0.05, 0.1) is 24.9 Å². The van der Waals surface area contributed by atoms with E-state index in [0.717, 1.165) is 12.0 Å². The van der Waals surface area contributed by atoms with Gasteiger partial charge in [-0.3, -0.25) is 4.90 Å². The van der Waals surface area contributed by atoms with Crippen molar-refractivity contribution >= 4 is 0 Å². The summed E-state index contributed by atoms with van der Waals surface area (Å²) >= 11 is 0. The number of hydrogen-bond donors (Lipinski definition) is 3. The first kappa shape index (κ1) is 16.4. The molecule has 0 radical (unpaired) electrons. The molecule has 1 aromatic carbocycles. The molecule has 1 heterocycles. The van der Waals surface area contributed by atoms with Gasteiger partial charge in [0, 0.05) is 12.6 Å². The van der Waals surface area contributed by atoms with Crippen molar-refractivity contribution in [3.05, 3.63) is 35.4 Å². The Hall–Kier alpha value is -0.940. The highest BCUT2D eigenvalue weighted by Crippen LogP contribution is 2.27. The van der Waals surface area contributed by atoms with Crippen LogP contribution in [0.5, 0.6) is 0 Å². The average molecular weight is 293 g/mol. The van der Waals surface area contributed by atoms with Crippen LogP contribution in [0.3, 0.4) is 0 Å². The molecule has 118 valence electrons. The van der Waals surface area contributed by atoms with Gasteiger partial charge in [-0.1, -0.05) is 37.6 Å². The molecular formula is C17H27NO3. The van der Waals surface area contributed by atoms with Gasteiger partial charge in [0.2, 0.25) is 0 Å². The van der Waals surface area contributed by atoms with E-state index in [4.69, 9.17) is 0 Å². The van der Waals surface area contributed by atoms with Gasteiger partial charge in [-0.05, 0) is 30.9 Å². The van der Waals surface area contributed by atoms with E-state index in [9.17, 15) is 15.3 Å². The van der Waals surface area contributed by atoms with E-state index in [2.05, 4.69) is 31.2 Å². The molecular weight excluding hydrogens is 266 g/mol. The molecule has 21 heavy (non-hydrogen) atoms. The molecule has 1 aromatic rings. The van der Waals surface area contributed by atoms with Crippen molar-refractivity contribution in [3.8, 4) is 0 Å². The monoisotopic (exact) mass is 293 g/mol. The summed E-state index contributed by atoms with van der Waals surface area (Å²) < 4.78 is 0. The molecule has 4 heteroatoms. The highest BCUT2D eigenvalue weighted by molar-refractivity contribution is 5.23. The van der Waals surface area contributed by atoms with E-state index in [1.165, 1.54) is 18.4 Å². The van der Waals surface area contributed by atoms with E-state index < -0.39 is 18.2 Å². The van der Waals surface area contributed by atoms with E-state index >= 15 is 0 Å². The van der Waals surface area contributed by atoms with Gasteiger partial charge >= 0.3 is 0 Å². The molecule has 0 aromatic heterocycles. The van der Waals surface area contributed by atoms with Gasteiger partial charge in [0.1, 0.15) is 0 Å². The Bertz CT molecular complexity index is 434. The summed E-state index contributed by atoms with van der Waals surface area (Å²) in [6.45, 7) is 4.57. The summed E-state index contributed by atoms with van der Waals surface area (Å²) in [7, 11) is 0. The van der Waals surface area contributed by atoms with E-state index in [0.29, 0.717) is 6.54 Å². The van der Waals surface area contributed by atoms with Crippen molar-refractivity contribution < 1.29 is 15.3 Å². The summed E-state index contributed by atoms with van der Waals surface area (Å²) in [6, 6.07) is 7.94. The van der Waals surface area contributed by atoms with E-state index in [-0.39, 0.29) is 12.6 Å². The fourth-order valence-corrected chi connectivity index (χ4v) is 3.08. The number of aliphatic hydroxyl groups excluding tert-OH is 3. The normalized spacial score (nSPS) is 30.0. The largest absolute Gasteiger partial charge is 0.395 e. The molecule has 0 unspecified atom stereocenters. The number of rotatable bonds is 6. The Morgan fingerprint density at radius 1 is 1.05 bits per heavy atom. The van der Waals surface area contributed by atoms with E-state index in [1.807, 2.05) is 11.8 Å². The van der Waals surface area contributed by atoms with Crippen LogP contribution < -0.4 is 0 Å². The van der Waals surface area contributed by atoms with Crippen LogP contribution in [0.1, 0.15) is 37.8 Å². The molecule has 0 aliphatic carbocycles. The van der Waals surface area contributed by atoms with Crippen molar-refractivity contribution in [2.24, 2.45) is 0 Å². The first-order chi connectivity index (χ1) is 10.1. The molecule has 0 amide bonds. The Morgan fingerprint density at radius 3 is 2.24 bits per heavy atom. The number of aliphatic hydroxyl groups is 3. The molecule has 4 nitrogen and oxygen atoms in total. The van der Waals surface area contributed by atoms with Gasteiger partial charge in [-0.2, -0.15) is 0 Å². The second kappa shape index (κ2) is 7.36. The molecule has 1 aliphatic heterocycles. The lowest BCUT2D eigenvalue weighted by Gasteiger charge is -2.27. The lowest BCUT2D eigenvalue weighted by atomic mass is 10.1. The van der Waals surface area contributed by atoms with Crippen molar-refractivity contribution in [1.82, 2.24) is 4.90 Å². The second-order valence-electron chi connectivity index (χ2n) is 6.06. The summed E-state index contributed by atoms with van der Waals surface area (Å²) in [6.07, 6.45) is 1.82. The predicted octanol–water partition coefficient (Wildman–Crippen LogP) is 1.32. The first-order valence-electron chi connectivity index (χ1n) is 7.89. The highest BCUT2D eigenvalue weighted by atomic mass is 16.3. The SMILES string of the molecule is CCCCc1ccc(CN2[C@H](CO)[C@@H](O)[C@@H](O)[C@@H]2C)cc1. The number of likely N-dealkylation sites (tertiary alicyclic amines) is 1. The van der Waals surface area contributed by atoms with Gasteiger partial charge < -0.3 is 15.3 Å². The number of benzene rings is 1. The zero-order valence-electron chi connectivity index (χ0n) is 12.9. The third kappa shape index (κ3) is 3.64. The van der Waals surface area contributed by atoms with Gasteiger partial charge in [-0.25, -0.2) is 0 Å². The van der Waals surface area contributed by atoms with Gasteiger partial charge in [0.15, 0.2) is 0 Å². The summed E-state index contributed by atoms with van der Waals surface area (Å²) in [4.78, 5) is 1.98. The summed E-state index contributed by atoms with van der Waals surface area (Å²) in [5.74, 6) is 0. The van der Waals surface area contributed by atoms with Crippen molar-refractivity contribution in [2.45, 2.75) is 63.9 Å². The van der Waals surface area contributed by atoms with Crippen molar-refractivity contribution in [3.63, 3.8) is 0 Å². The van der Waals surface area contributed by atoms with Crippen LogP contribution in [0.2, 0.25) is 0 Å². The van der Waals surface area contributed by atoms with Crippen LogP contribution in [0.4, 0.5) is 0 Å². The summed E-state index contributed by atoms with van der Waals surface area (Å²) in [5, 5.41) is 29.4. The average Bonchev–Trinajstić information content (AvgIpc) is 2.70. The van der Waals surface area contributed by atoms with Gasteiger partial charge in [0.25, 0.3) is 0 Å². The fraction of sp³-hybridized carbons (Fsp3) is 0.647. The smallest absolute Gasteiger partial charge is 0.0991 e. The molecule has 2 rings (SSSR count). The maximum atomic E-state index is 9.97. The Morgan fingerprint density at radius 2 is 1.67 bits per heavy atom. The minimum atomic E-state index is -0.881. The molecule has 0 saturated carbocycles. The van der Waals surface area contributed by atoms with Crippen LogP contribution >= 0.6 is 0 Å². The predicted molar refractivity (Wildman–Crippen MR) is 82.9 cm³/mol. The Labute approximate surface area is 127 Å². The van der Waals surface area contributed by atoms with Crippen LogP contribution in [-0.2, 0) is 13.0 Å². The third-order valence-corrected chi connectivity index (χ3v) is 4.58. The molecule has 1 fully saturated rings. The number of unbranched alkanes of at least 4 members (excludes halogenated alkanes) is 1. The van der Waals surface area contributed by atoms with E-state index in [1.54, 1.807) is 0 Å². The minimum Gasteiger partial charge on any atom is -0.395 e. The van der Waals surface area contributed by atoms with Crippen LogP contribution in [-0.4, -0.2) is 51.1 Å². The molecule has 0 spiro atoms. The highest BCUT2D eigenvalue weighted by Gasteiger charge is 2.44. The quantitative estimate of drug-likeness (QED) is 0.740. The van der Waals surface area contributed by atoms with Crippen molar-refractivity contribution in [1.29, 1.82) is 0 Å². The molecule has 1 aliphatic rings. The maximum absolute atomic E-state index is 9.97. The zero-order chi connectivity index (χ0) is 15.4. The summed E-state index contributed by atoms with van der Waals surface area (Å²) in [5.41, 5.74) is 2.48.